The molecule has 0 saturated carbocycles. The molecule has 0 fully saturated rings. The maximum atomic E-state index is 11.1. The second-order valence-corrected chi connectivity index (χ2v) is 2.81. The predicted octanol–water partition coefficient (Wildman–Crippen LogP) is 0.998. The summed E-state index contributed by atoms with van der Waals surface area (Å²) in [6.45, 7) is 0. The van der Waals surface area contributed by atoms with E-state index >= 15 is 0 Å². The fraction of sp³-hybridized carbons (Fsp3) is 0.167. The zero-order chi connectivity index (χ0) is 12.0. The van der Waals surface area contributed by atoms with Crippen LogP contribution < -0.4 is 0 Å². The van der Waals surface area contributed by atoms with Gasteiger partial charge in [0.2, 0.25) is 0 Å². The van der Waals surface area contributed by atoms with Gasteiger partial charge in [-0.05, 0) is 24.3 Å². The van der Waals surface area contributed by atoms with Crippen molar-refractivity contribution in [2.45, 2.75) is 0 Å². The van der Waals surface area contributed by atoms with Gasteiger partial charge in [0.15, 0.2) is 0 Å². The first kappa shape index (κ1) is 11.8. The first-order valence-electron chi connectivity index (χ1n) is 4.45. The molecule has 1 aromatic rings. The second-order valence-electron chi connectivity index (χ2n) is 2.81. The van der Waals surface area contributed by atoms with Crippen LogP contribution >= 0.6 is 0 Å². The highest BCUT2D eigenvalue weighted by atomic mass is 16.5. The minimum absolute atomic E-state index is 0.410. The summed E-state index contributed by atoms with van der Waals surface area (Å²) in [7, 11) is 2.57. The van der Waals surface area contributed by atoms with Gasteiger partial charge in [-0.3, -0.25) is 0 Å². The standard InChI is InChI=1S/C12H10O4/c1-15-11(13)8-5-9-3-6-10(7-4-9)12(14)16-2/h3-4,6-7H,1-2H3. The van der Waals surface area contributed by atoms with Crippen molar-refractivity contribution in [3.63, 3.8) is 0 Å². The van der Waals surface area contributed by atoms with Crippen molar-refractivity contribution in [2.75, 3.05) is 14.2 Å². The average molecular weight is 218 g/mol. The van der Waals surface area contributed by atoms with Crippen LogP contribution in [0.25, 0.3) is 0 Å². The van der Waals surface area contributed by atoms with E-state index in [1.54, 1.807) is 24.3 Å². The number of carbonyl (C=O) groups is 2. The minimum atomic E-state index is -0.600. The summed E-state index contributed by atoms with van der Waals surface area (Å²) >= 11 is 0. The van der Waals surface area contributed by atoms with Crippen molar-refractivity contribution >= 4 is 11.9 Å². The summed E-state index contributed by atoms with van der Waals surface area (Å²) in [5.74, 6) is 3.88. The summed E-state index contributed by atoms with van der Waals surface area (Å²) in [5, 5.41) is 0. The molecule has 0 heterocycles. The van der Waals surface area contributed by atoms with E-state index < -0.39 is 11.9 Å². The largest absolute Gasteiger partial charge is 0.465 e. The number of ether oxygens (including phenoxy) is 2. The van der Waals surface area contributed by atoms with Gasteiger partial charge in [0, 0.05) is 11.5 Å². The van der Waals surface area contributed by atoms with Gasteiger partial charge in [0.05, 0.1) is 19.8 Å². The lowest BCUT2D eigenvalue weighted by molar-refractivity contribution is -0.133. The van der Waals surface area contributed by atoms with Gasteiger partial charge in [0.1, 0.15) is 0 Å². The number of benzene rings is 1. The highest BCUT2D eigenvalue weighted by Crippen LogP contribution is 2.04. The normalized spacial score (nSPS) is 8.62. The molecule has 0 saturated heterocycles. The van der Waals surface area contributed by atoms with Crippen LogP contribution in [-0.4, -0.2) is 26.2 Å². The Labute approximate surface area is 93.2 Å². The van der Waals surface area contributed by atoms with E-state index in [4.69, 9.17) is 0 Å². The summed E-state index contributed by atoms with van der Waals surface area (Å²) in [6.07, 6.45) is 0. The Balaban J connectivity index is 2.82. The van der Waals surface area contributed by atoms with Crippen LogP contribution in [0.4, 0.5) is 0 Å². The van der Waals surface area contributed by atoms with Gasteiger partial charge in [-0.15, -0.1) is 0 Å². The molecule has 0 bridgehead atoms. The van der Waals surface area contributed by atoms with E-state index in [9.17, 15) is 9.59 Å². The third-order valence-electron chi connectivity index (χ3n) is 1.80. The zero-order valence-corrected chi connectivity index (χ0v) is 8.94. The third kappa shape index (κ3) is 3.14. The minimum Gasteiger partial charge on any atom is -0.465 e. The number of rotatable bonds is 1. The lowest BCUT2D eigenvalue weighted by atomic mass is 10.1. The number of hydrogen-bond donors (Lipinski definition) is 0. The molecule has 0 amide bonds. The lowest BCUT2D eigenvalue weighted by Gasteiger charge is -1.97. The highest BCUT2D eigenvalue weighted by Gasteiger charge is 2.03. The van der Waals surface area contributed by atoms with Crippen LogP contribution in [0, 0.1) is 11.8 Å². The molecule has 0 atom stereocenters. The van der Waals surface area contributed by atoms with Crippen molar-refractivity contribution in [2.24, 2.45) is 0 Å². The Morgan fingerprint density at radius 3 is 2.19 bits per heavy atom. The Kier molecular flexibility index (Phi) is 4.10. The molecular weight excluding hydrogens is 208 g/mol. The fourth-order valence-corrected chi connectivity index (χ4v) is 0.982. The molecule has 0 radical (unpaired) electrons. The Morgan fingerprint density at radius 1 is 1.06 bits per heavy atom. The van der Waals surface area contributed by atoms with Crippen LogP contribution in [0.15, 0.2) is 24.3 Å². The molecule has 4 nitrogen and oxygen atoms in total. The monoisotopic (exact) mass is 218 g/mol. The van der Waals surface area contributed by atoms with Crippen molar-refractivity contribution in [1.82, 2.24) is 0 Å². The molecule has 0 aliphatic rings. The maximum Gasteiger partial charge on any atom is 0.384 e. The van der Waals surface area contributed by atoms with E-state index in [0.29, 0.717) is 11.1 Å². The predicted molar refractivity (Wildman–Crippen MR) is 56.7 cm³/mol. The Bertz CT molecular complexity index is 448. The van der Waals surface area contributed by atoms with Crippen LogP contribution in [0.1, 0.15) is 15.9 Å². The summed E-state index contributed by atoms with van der Waals surface area (Å²) in [5.41, 5.74) is 1.06. The van der Waals surface area contributed by atoms with Gasteiger partial charge in [-0.1, -0.05) is 5.92 Å². The van der Waals surface area contributed by atoms with Crippen molar-refractivity contribution in [3.8, 4) is 11.8 Å². The number of carbonyl (C=O) groups excluding carboxylic acids is 2. The zero-order valence-electron chi connectivity index (χ0n) is 8.94. The van der Waals surface area contributed by atoms with Crippen LogP contribution in [0.5, 0.6) is 0 Å². The van der Waals surface area contributed by atoms with E-state index in [1.807, 2.05) is 0 Å². The molecule has 4 heteroatoms. The number of esters is 2. The highest BCUT2D eigenvalue weighted by molar-refractivity contribution is 5.90. The quantitative estimate of drug-likeness (QED) is 0.521. The molecule has 0 N–H and O–H groups in total. The molecule has 82 valence electrons. The Hall–Kier alpha value is -2.28. The molecule has 0 aliphatic heterocycles. The topological polar surface area (TPSA) is 52.6 Å². The van der Waals surface area contributed by atoms with E-state index in [1.165, 1.54) is 14.2 Å². The molecule has 16 heavy (non-hydrogen) atoms. The van der Waals surface area contributed by atoms with E-state index in [0.717, 1.165) is 0 Å². The Morgan fingerprint density at radius 2 is 1.69 bits per heavy atom. The molecule has 1 rings (SSSR count). The van der Waals surface area contributed by atoms with Gasteiger partial charge in [-0.2, -0.15) is 0 Å². The average Bonchev–Trinajstić information content (AvgIpc) is 2.35. The van der Waals surface area contributed by atoms with Gasteiger partial charge >= 0.3 is 11.9 Å². The molecule has 0 aromatic heterocycles. The van der Waals surface area contributed by atoms with Gasteiger partial charge in [0.25, 0.3) is 0 Å². The van der Waals surface area contributed by atoms with Crippen LogP contribution in [0.3, 0.4) is 0 Å². The van der Waals surface area contributed by atoms with Crippen molar-refractivity contribution in [1.29, 1.82) is 0 Å². The number of methoxy groups -OCH3 is 2. The van der Waals surface area contributed by atoms with Crippen LogP contribution in [0.2, 0.25) is 0 Å². The molecular formula is C12H10O4. The first-order chi connectivity index (χ1) is 7.67. The second kappa shape index (κ2) is 5.56. The lowest BCUT2D eigenvalue weighted by Crippen LogP contribution is -2.00. The molecule has 0 aliphatic carbocycles. The van der Waals surface area contributed by atoms with Gasteiger partial charge in [-0.25, -0.2) is 9.59 Å². The maximum absolute atomic E-state index is 11.1. The molecule has 1 aromatic carbocycles. The molecule has 0 unspecified atom stereocenters. The summed E-state index contributed by atoms with van der Waals surface area (Å²) in [4.78, 5) is 21.8. The third-order valence-corrected chi connectivity index (χ3v) is 1.80. The smallest absolute Gasteiger partial charge is 0.384 e. The number of hydrogen-bond acceptors (Lipinski definition) is 4. The molecule has 0 spiro atoms. The summed E-state index contributed by atoms with van der Waals surface area (Å²) < 4.78 is 8.91. The van der Waals surface area contributed by atoms with Gasteiger partial charge < -0.3 is 9.47 Å². The van der Waals surface area contributed by atoms with E-state index in [2.05, 4.69) is 21.3 Å². The first-order valence-corrected chi connectivity index (χ1v) is 4.45. The van der Waals surface area contributed by atoms with Crippen molar-refractivity contribution < 1.29 is 19.1 Å². The fourth-order valence-electron chi connectivity index (χ4n) is 0.982. The van der Waals surface area contributed by atoms with Crippen LogP contribution in [-0.2, 0) is 14.3 Å². The summed E-state index contributed by atoms with van der Waals surface area (Å²) in [6, 6.07) is 6.41. The SMILES string of the molecule is COC(=O)C#Cc1ccc(C(=O)OC)cc1. The van der Waals surface area contributed by atoms with Crippen molar-refractivity contribution in [3.05, 3.63) is 35.4 Å². The van der Waals surface area contributed by atoms with E-state index in [-0.39, 0.29) is 0 Å².